The molecule has 3 amide bonds. The Morgan fingerprint density at radius 3 is 2.67 bits per heavy atom. The number of hydrogen-bond donors (Lipinski definition) is 5. The van der Waals surface area contributed by atoms with Crippen LogP contribution in [0.5, 0.6) is 5.75 Å². The zero-order valence-corrected chi connectivity index (χ0v) is 20.6. The van der Waals surface area contributed by atoms with Gasteiger partial charge < -0.3 is 31.5 Å². The second kappa shape index (κ2) is 10.1. The van der Waals surface area contributed by atoms with Crippen molar-refractivity contribution >= 4 is 40.7 Å². The summed E-state index contributed by atoms with van der Waals surface area (Å²) in [5.74, 6) is -1.87. The second-order valence-electron chi connectivity index (χ2n) is 8.83. The number of carboxylic acid groups (broad SMARTS) is 1. The van der Waals surface area contributed by atoms with E-state index < -0.39 is 23.8 Å². The van der Waals surface area contributed by atoms with Gasteiger partial charge in [-0.05, 0) is 42.3 Å². The number of carbonyl (C=O) groups excluding carboxylic acids is 3. The third-order valence-corrected chi connectivity index (χ3v) is 6.10. The van der Waals surface area contributed by atoms with Crippen molar-refractivity contribution in [2.75, 3.05) is 17.7 Å². The summed E-state index contributed by atoms with van der Waals surface area (Å²) in [6, 6.07) is 12.1. The molecule has 13 nitrogen and oxygen atoms in total. The van der Waals surface area contributed by atoms with Crippen LogP contribution in [0.3, 0.4) is 0 Å². The lowest BCUT2D eigenvalue weighted by atomic mass is 10.1. The van der Waals surface area contributed by atoms with Crippen LogP contribution in [-0.4, -0.2) is 50.0 Å². The van der Waals surface area contributed by atoms with E-state index in [0.717, 1.165) is 0 Å². The molecular formula is C26H23N7O6. The van der Waals surface area contributed by atoms with Gasteiger partial charge in [-0.1, -0.05) is 18.2 Å². The van der Waals surface area contributed by atoms with Crippen molar-refractivity contribution < 1.29 is 29.0 Å². The van der Waals surface area contributed by atoms with E-state index >= 15 is 0 Å². The van der Waals surface area contributed by atoms with Crippen LogP contribution in [0.25, 0.3) is 5.65 Å². The Morgan fingerprint density at radius 2 is 1.92 bits per heavy atom. The van der Waals surface area contributed by atoms with Crippen LogP contribution in [0, 0.1) is 0 Å². The normalized spacial score (nSPS) is 13.1. The van der Waals surface area contributed by atoms with Gasteiger partial charge >= 0.3 is 5.97 Å². The van der Waals surface area contributed by atoms with Crippen molar-refractivity contribution in [3.05, 3.63) is 82.8 Å². The Kier molecular flexibility index (Phi) is 6.54. The molecule has 2 aromatic carbocycles. The number of rotatable bonds is 7. The molecular weight excluding hydrogens is 506 g/mol. The van der Waals surface area contributed by atoms with E-state index in [0.29, 0.717) is 22.6 Å². The van der Waals surface area contributed by atoms with Gasteiger partial charge in [-0.3, -0.25) is 14.4 Å². The highest BCUT2D eigenvalue weighted by Crippen LogP contribution is 2.28. The third-order valence-electron chi connectivity index (χ3n) is 6.10. The number of nitrogens with one attached hydrogen (secondary N) is 3. The summed E-state index contributed by atoms with van der Waals surface area (Å²) in [6.07, 6.45) is 1.33. The molecule has 39 heavy (non-hydrogen) atoms. The fourth-order valence-corrected chi connectivity index (χ4v) is 4.04. The summed E-state index contributed by atoms with van der Waals surface area (Å²) >= 11 is 0. The Hall–Kier alpha value is -5.46. The zero-order chi connectivity index (χ0) is 27.7. The summed E-state index contributed by atoms with van der Waals surface area (Å²) in [5, 5.41) is 21.5. The monoisotopic (exact) mass is 529 g/mol. The van der Waals surface area contributed by atoms with Gasteiger partial charge in [0.05, 0.1) is 29.2 Å². The number of amides is 3. The topological polar surface area (TPSA) is 190 Å². The first-order valence-electron chi connectivity index (χ1n) is 11.8. The summed E-state index contributed by atoms with van der Waals surface area (Å²) in [5.41, 5.74) is 8.32. The number of hydrogen-bond acceptors (Lipinski definition) is 8. The highest BCUT2D eigenvalue weighted by Gasteiger charge is 2.21. The molecule has 5 rings (SSSR count). The van der Waals surface area contributed by atoms with Gasteiger partial charge in [-0.25, -0.2) is 14.3 Å². The van der Waals surface area contributed by atoms with E-state index in [-0.39, 0.29) is 47.3 Å². The number of fused-ring (bicyclic) bond motifs is 2. The van der Waals surface area contributed by atoms with Gasteiger partial charge in [0.25, 0.3) is 17.7 Å². The SMILES string of the molecule is C[C@H](NC(=O)c1cc(C(=O)NCc2ccc3c(c2)NC(=O)CO3)nc2c(N)cnn12)c1ccc(C(=O)O)cc1. The number of aromatic nitrogens is 3. The lowest BCUT2D eigenvalue weighted by Gasteiger charge is -2.18. The molecule has 0 radical (unpaired) electrons. The summed E-state index contributed by atoms with van der Waals surface area (Å²) in [7, 11) is 0. The average Bonchev–Trinajstić information content (AvgIpc) is 3.31. The van der Waals surface area contributed by atoms with Crippen LogP contribution in [0.4, 0.5) is 11.4 Å². The molecule has 1 atom stereocenters. The molecule has 2 aromatic heterocycles. The first-order chi connectivity index (χ1) is 18.7. The summed E-state index contributed by atoms with van der Waals surface area (Å²) in [4.78, 5) is 53.2. The first-order valence-corrected chi connectivity index (χ1v) is 11.8. The second-order valence-corrected chi connectivity index (χ2v) is 8.83. The number of carboxylic acids is 1. The number of nitrogens with zero attached hydrogens (tertiary/aromatic N) is 3. The highest BCUT2D eigenvalue weighted by atomic mass is 16.5. The largest absolute Gasteiger partial charge is 0.482 e. The Labute approximate surface area is 221 Å². The number of nitrogen functional groups attached to an aromatic ring is 1. The molecule has 0 unspecified atom stereocenters. The minimum atomic E-state index is -1.05. The van der Waals surface area contributed by atoms with Crippen molar-refractivity contribution in [3.8, 4) is 5.75 Å². The summed E-state index contributed by atoms with van der Waals surface area (Å²) in [6.45, 7) is 1.80. The minimum absolute atomic E-state index is 0.0319. The van der Waals surface area contributed by atoms with Crippen molar-refractivity contribution in [1.82, 2.24) is 25.2 Å². The Morgan fingerprint density at radius 1 is 1.15 bits per heavy atom. The van der Waals surface area contributed by atoms with Gasteiger partial charge in [0.15, 0.2) is 12.3 Å². The van der Waals surface area contributed by atoms with Crippen molar-refractivity contribution in [3.63, 3.8) is 0 Å². The predicted octanol–water partition coefficient (Wildman–Crippen LogP) is 1.76. The maximum Gasteiger partial charge on any atom is 0.335 e. The lowest BCUT2D eigenvalue weighted by molar-refractivity contribution is -0.118. The standard InChI is InChI=1S/C26H23N7O6/c1-13(15-3-5-16(6-4-15)26(37)38)30-25(36)20-9-19(32-23-17(27)11-29-33(20)23)24(35)28-10-14-2-7-21-18(8-14)31-22(34)12-39-21/h2-9,11,13H,10,12,27H2,1H3,(H,28,35)(H,30,36)(H,31,34)(H,37,38)/t13-/m0/s1. The number of benzene rings is 2. The lowest BCUT2D eigenvalue weighted by Crippen LogP contribution is -2.30. The Bertz CT molecular complexity index is 1630. The molecule has 0 aliphatic carbocycles. The molecule has 1 aliphatic heterocycles. The molecule has 3 heterocycles. The highest BCUT2D eigenvalue weighted by molar-refractivity contribution is 5.99. The first kappa shape index (κ1) is 25.2. The van der Waals surface area contributed by atoms with Crippen LogP contribution >= 0.6 is 0 Å². The number of anilines is 2. The Balaban J connectivity index is 1.35. The average molecular weight is 530 g/mol. The number of ether oxygens (including phenoxy) is 1. The van der Waals surface area contributed by atoms with Crippen molar-refractivity contribution in [1.29, 1.82) is 0 Å². The van der Waals surface area contributed by atoms with Crippen LogP contribution in [0.2, 0.25) is 0 Å². The van der Waals surface area contributed by atoms with Crippen LogP contribution in [-0.2, 0) is 11.3 Å². The van der Waals surface area contributed by atoms with Crippen molar-refractivity contribution in [2.45, 2.75) is 19.5 Å². The maximum atomic E-state index is 13.2. The van der Waals surface area contributed by atoms with E-state index in [1.54, 1.807) is 37.3 Å². The van der Waals surface area contributed by atoms with E-state index in [1.165, 1.54) is 28.9 Å². The molecule has 0 fully saturated rings. The number of aromatic carboxylic acids is 1. The quantitative estimate of drug-likeness (QED) is 0.237. The number of nitrogens with two attached hydrogens (primary N) is 1. The molecule has 1 aliphatic rings. The molecule has 198 valence electrons. The van der Waals surface area contributed by atoms with Crippen LogP contribution in [0.15, 0.2) is 54.7 Å². The van der Waals surface area contributed by atoms with E-state index in [4.69, 9.17) is 15.6 Å². The minimum Gasteiger partial charge on any atom is -0.482 e. The molecule has 0 spiro atoms. The molecule has 0 bridgehead atoms. The maximum absolute atomic E-state index is 13.2. The van der Waals surface area contributed by atoms with Gasteiger partial charge in [0.1, 0.15) is 17.1 Å². The van der Waals surface area contributed by atoms with E-state index in [2.05, 4.69) is 26.0 Å². The van der Waals surface area contributed by atoms with Gasteiger partial charge in [-0.2, -0.15) is 5.10 Å². The van der Waals surface area contributed by atoms with Gasteiger partial charge in [0.2, 0.25) is 0 Å². The predicted molar refractivity (Wildman–Crippen MR) is 138 cm³/mol. The number of carbonyl (C=O) groups is 4. The van der Waals surface area contributed by atoms with E-state index in [9.17, 15) is 19.2 Å². The third kappa shape index (κ3) is 5.18. The molecule has 0 saturated heterocycles. The van der Waals surface area contributed by atoms with Gasteiger partial charge in [-0.15, -0.1) is 0 Å². The fraction of sp³-hybridized carbons (Fsp3) is 0.154. The summed E-state index contributed by atoms with van der Waals surface area (Å²) < 4.78 is 6.59. The molecule has 0 saturated carbocycles. The zero-order valence-electron chi connectivity index (χ0n) is 20.6. The fourth-order valence-electron chi connectivity index (χ4n) is 4.04. The molecule has 6 N–H and O–H groups in total. The van der Waals surface area contributed by atoms with Gasteiger partial charge in [0, 0.05) is 12.6 Å². The molecule has 13 heteroatoms. The molecule has 4 aromatic rings. The smallest absolute Gasteiger partial charge is 0.335 e. The van der Waals surface area contributed by atoms with Crippen molar-refractivity contribution in [2.24, 2.45) is 0 Å². The van der Waals surface area contributed by atoms with Crippen LogP contribution in [0.1, 0.15) is 55.4 Å². The van der Waals surface area contributed by atoms with Crippen LogP contribution < -0.4 is 26.4 Å². The van der Waals surface area contributed by atoms with E-state index in [1.807, 2.05) is 0 Å².